The van der Waals surface area contributed by atoms with Gasteiger partial charge >= 0.3 is 5.97 Å². The number of methoxy groups -OCH3 is 1. The molecule has 1 aliphatic rings. The molecule has 7 nitrogen and oxygen atoms in total. The Morgan fingerprint density at radius 3 is 2.61 bits per heavy atom. The lowest BCUT2D eigenvalue weighted by molar-refractivity contribution is -0.137. The number of ether oxygens (including phenoxy) is 2. The third-order valence-corrected chi connectivity index (χ3v) is 8.64. The van der Waals surface area contributed by atoms with E-state index in [1.165, 1.54) is 0 Å². The molecule has 0 bridgehead atoms. The number of nitrogens with zero attached hydrogens (tertiary/aromatic N) is 1. The number of carboxylic acid groups (broad SMARTS) is 1. The van der Waals surface area contributed by atoms with Crippen LogP contribution in [0.3, 0.4) is 0 Å². The fraction of sp³-hybridized carbons (Fsp3) is 0.321. The van der Waals surface area contributed by atoms with Crippen molar-refractivity contribution >= 4 is 16.7 Å². The van der Waals surface area contributed by atoms with Crippen LogP contribution in [0.1, 0.15) is 47.1 Å². The summed E-state index contributed by atoms with van der Waals surface area (Å²) in [6.45, 7) is 6.42. The Hall–Kier alpha value is -3.04. The second-order valence-corrected chi connectivity index (χ2v) is 11.2. The van der Waals surface area contributed by atoms with Crippen LogP contribution in [0.25, 0.3) is 0 Å². The van der Waals surface area contributed by atoms with Gasteiger partial charge in [-0.05, 0) is 66.8 Å². The number of carboxylic acids is 1. The molecule has 0 aliphatic carbocycles. The van der Waals surface area contributed by atoms with Crippen molar-refractivity contribution in [2.45, 2.75) is 50.7 Å². The van der Waals surface area contributed by atoms with Crippen LogP contribution in [-0.2, 0) is 11.3 Å². The van der Waals surface area contributed by atoms with E-state index < -0.39 is 16.7 Å². The maximum Gasteiger partial charge on any atom is 0.304 e. The Kier molecular flexibility index (Phi) is 7.61. The number of hydrogen-bond donors (Lipinski definition) is 3. The Labute approximate surface area is 213 Å². The summed E-state index contributed by atoms with van der Waals surface area (Å²) in [6, 6.07) is 18.6. The maximum atomic E-state index is 11.9. The molecule has 0 saturated carbocycles. The second kappa shape index (κ2) is 10.5. The monoisotopic (exact) mass is 511 g/mol. The molecular weight excluding hydrogens is 478 g/mol. The van der Waals surface area contributed by atoms with Crippen LogP contribution in [0.4, 0.5) is 0 Å². The predicted molar refractivity (Wildman–Crippen MR) is 141 cm³/mol. The van der Waals surface area contributed by atoms with E-state index in [1.54, 1.807) is 29.6 Å². The summed E-state index contributed by atoms with van der Waals surface area (Å²) in [7, 11) is -1.69. The minimum Gasteiger partial charge on any atom is -0.496 e. The van der Waals surface area contributed by atoms with E-state index in [1.807, 2.05) is 63.2 Å². The number of hydrogen-bond acceptors (Lipinski definition) is 6. The first-order chi connectivity index (χ1) is 17.1. The van der Waals surface area contributed by atoms with Gasteiger partial charge in [-0.25, -0.2) is 0 Å². The van der Waals surface area contributed by atoms with Gasteiger partial charge in [-0.2, -0.15) is 4.31 Å². The normalized spacial score (nSPS) is 18.9. The Morgan fingerprint density at radius 1 is 1.14 bits per heavy atom. The van der Waals surface area contributed by atoms with Gasteiger partial charge in [0.15, 0.2) is 0 Å². The van der Waals surface area contributed by atoms with Gasteiger partial charge in [-0.15, -0.1) is 10.8 Å². The number of fused-ring (bicyclic) bond motifs is 1. The summed E-state index contributed by atoms with van der Waals surface area (Å²) < 4.78 is 35.7. The van der Waals surface area contributed by atoms with E-state index in [-0.39, 0.29) is 25.0 Å². The lowest BCUT2D eigenvalue weighted by atomic mass is 9.84. The highest BCUT2D eigenvalue weighted by molar-refractivity contribution is 8.22. The van der Waals surface area contributed by atoms with Gasteiger partial charge < -0.3 is 14.6 Å². The molecule has 4 rings (SSSR count). The maximum absolute atomic E-state index is 11.9. The van der Waals surface area contributed by atoms with E-state index in [2.05, 4.69) is 0 Å². The van der Waals surface area contributed by atoms with Crippen molar-refractivity contribution in [2.24, 2.45) is 0 Å². The van der Waals surface area contributed by atoms with E-state index in [0.717, 1.165) is 27.8 Å². The lowest BCUT2D eigenvalue weighted by Crippen LogP contribution is -2.33. The zero-order chi connectivity index (χ0) is 26.0. The van der Waals surface area contributed by atoms with Crippen LogP contribution in [0, 0.1) is 13.8 Å². The van der Waals surface area contributed by atoms with Gasteiger partial charge in [-0.3, -0.25) is 13.9 Å². The Morgan fingerprint density at radius 2 is 1.89 bits per heavy atom. The molecule has 8 heteroatoms. The summed E-state index contributed by atoms with van der Waals surface area (Å²) in [6.07, 6.45) is -0.323. The number of aryl methyl sites for hydroxylation is 1. The average molecular weight is 512 g/mol. The zero-order valence-electron chi connectivity index (χ0n) is 21.0. The highest BCUT2D eigenvalue weighted by atomic mass is 32.3. The molecule has 3 aromatic rings. The molecule has 3 aromatic carbocycles. The van der Waals surface area contributed by atoms with Gasteiger partial charge in [-0.1, -0.05) is 42.5 Å². The molecule has 3 N–H and O–H groups in total. The molecule has 0 saturated heterocycles. The van der Waals surface area contributed by atoms with Crippen molar-refractivity contribution in [1.82, 2.24) is 4.31 Å². The topological polar surface area (TPSA) is 99.5 Å². The first-order valence-corrected chi connectivity index (χ1v) is 13.4. The number of aliphatic carboxylic acids is 1. The number of rotatable bonds is 7. The number of para-hydroxylation sites is 1. The van der Waals surface area contributed by atoms with Crippen LogP contribution in [0.2, 0.25) is 0 Å². The minimum atomic E-state index is -3.29. The van der Waals surface area contributed by atoms with E-state index in [0.29, 0.717) is 22.9 Å². The van der Waals surface area contributed by atoms with Crippen molar-refractivity contribution in [2.75, 3.05) is 13.7 Å². The number of carbonyl (C=O) groups is 1. The fourth-order valence-electron chi connectivity index (χ4n) is 4.79. The first-order valence-electron chi connectivity index (χ1n) is 11.9. The lowest BCUT2D eigenvalue weighted by Gasteiger charge is -2.42. The van der Waals surface area contributed by atoms with Crippen LogP contribution in [0.5, 0.6) is 11.5 Å². The molecule has 0 radical (unpaired) electrons. The molecular formula is C28H33NO6S. The molecule has 2 atom stereocenters. The highest BCUT2D eigenvalue weighted by Gasteiger charge is 2.34. The smallest absolute Gasteiger partial charge is 0.304 e. The molecule has 192 valence electrons. The summed E-state index contributed by atoms with van der Waals surface area (Å²) in [5, 5.41) is 9.71. The quantitative estimate of drug-likeness (QED) is 0.346. The van der Waals surface area contributed by atoms with Crippen LogP contribution in [0.15, 0.2) is 65.6 Å². The largest absolute Gasteiger partial charge is 0.496 e. The van der Waals surface area contributed by atoms with Gasteiger partial charge in [0.1, 0.15) is 22.5 Å². The third-order valence-electron chi connectivity index (χ3n) is 6.72. The molecule has 2 unspecified atom stereocenters. The molecule has 0 aromatic heterocycles. The van der Waals surface area contributed by atoms with Crippen molar-refractivity contribution < 1.29 is 28.5 Å². The molecule has 0 spiro atoms. The van der Waals surface area contributed by atoms with Crippen molar-refractivity contribution in [3.05, 3.63) is 88.5 Å². The van der Waals surface area contributed by atoms with Gasteiger partial charge in [0.05, 0.1) is 20.1 Å². The molecule has 0 amide bonds. The van der Waals surface area contributed by atoms with E-state index in [9.17, 15) is 19.0 Å². The predicted octanol–water partition coefficient (Wildman–Crippen LogP) is 6.23. The number of benzene rings is 3. The van der Waals surface area contributed by atoms with E-state index >= 15 is 0 Å². The average Bonchev–Trinajstić information content (AvgIpc) is 2.92. The second-order valence-electron chi connectivity index (χ2n) is 9.23. The van der Waals surface area contributed by atoms with Crippen LogP contribution < -0.4 is 9.47 Å². The van der Waals surface area contributed by atoms with E-state index in [4.69, 9.17) is 9.47 Å². The zero-order valence-corrected chi connectivity index (χ0v) is 21.8. The Balaban J connectivity index is 1.74. The fourth-order valence-corrected chi connectivity index (χ4v) is 6.45. The molecule has 1 heterocycles. The first kappa shape index (κ1) is 26.0. The standard InChI is InChI=1S/C28H33NO6S/c1-18-12-13-21(24(15-28(30)31)23-8-7-10-25(34-4)20(23)3)14-22(18)17-29-16-19(2)35-26-9-5-6-11-27(26)36(29,32)33/h5-14,19,24,32-33H,15-17H2,1-4H3,(H,30,31). The summed E-state index contributed by atoms with van der Waals surface area (Å²) in [4.78, 5) is 12.2. The minimum absolute atomic E-state index is 0.0757. The SMILES string of the molecule is COc1cccc(C(CC(=O)O)c2ccc(C)c(CN3CC(C)Oc4ccccc4S3(O)O)c2)c1C. The van der Waals surface area contributed by atoms with Crippen LogP contribution >= 0.6 is 10.8 Å². The summed E-state index contributed by atoms with van der Waals surface area (Å²) in [5.41, 5.74) is 4.52. The van der Waals surface area contributed by atoms with Gasteiger partial charge in [0, 0.05) is 12.5 Å². The highest BCUT2D eigenvalue weighted by Crippen LogP contribution is 2.57. The van der Waals surface area contributed by atoms with Crippen molar-refractivity contribution in [3.8, 4) is 11.5 Å². The van der Waals surface area contributed by atoms with Crippen molar-refractivity contribution in [1.29, 1.82) is 0 Å². The summed E-state index contributed by atoms with van der Waals surface area (Å²) in [5.74, 6) is -0.0903. The Bertz CT molecular complexity index is 1260. The van der Waals surface area contributed by atoms with Crippen LogP contribution in [-0.4, -0.2) is 44.2 Å². The summed E-state index contributed by atoms with van der Waals surface area (Å²) >= 11 is 0. The molecule has 1 aliphatic heterocycles. The van der Waals surface area contributed by atoms with Crippen molar-refractivity contribution in [3.63, 3.8) is 0 Å². The third kappa shape index (κ3) is 5.22. The molecule has 0 fully saturated rings. The van der Waals surface area contributed by atoms with Gasteiger partial charge in [0.2, 0.25) is 0 Å². The molecule has 36 heavy (non-hydrogen) atoms. The van der Waals surface area contributed by atoms with Gasteiger partial charge in [0.25, 0.3) is 0 Å².